The molecule has 0 radical (unpaired) electrons. The molecular formula is C13H16Cl2O5. The van der Waals surface area contributed by atoms with Crippen molar-refractivity contribution in [1.82, 2.24) is 0 Å². The van der Waals surface area contributed by atoms with E-state index in [2.05, 4.69) is 0 Å². The number of aliphatic hydroxyl groups excluding tert-OH is 2. The number of rotatable bonds is 8. The van der Waals surface area contributed by atoms with Crippen LogP contribution in [-0.2, 0) is 4.74 Å². The zero-order valence-electron chi connectivity index (χ0n) is 10.7. The summed E-state index contributed by atoms with van der Waals surface area (Å²) in [4.78, 5) is 11.6. The Hall–Kier alpha value is -1.01. The topological polar surface area (TPSA) is 76.0 Å². The van der Waals surface area contributed by atoms with Crippen LogP contribution in [0.1, 0.15) is 10.4 Å². The highest BCUT2D eigenvalue weighted by atomic mass is 35.5. The van der Waals surface area contributed by atoms with Crippen molar-refractivity contribution in [3.8, 4) is 5.75 Å². The zero-order valence-corrected chi connectivity index (χ0v) is 12.2. The summed E-state index contributed by atoms with van der Waals surface area (Å²) in [6.07, 6.45) is -1.61. The van der Waals surface area contributed by atoms with Crippen LogP contribution in [0.3, 0.4) is 0 Å². The molecular weight excluding hydrogens is 307 g/mol. The van der Waals surface area contributed by atoms with Crippen LogP contribution in [0, 0.1) is 0 Å². The number of carbonyl (C=O) groups is 1. The van der Waals surface area contributed by atoms with E-state index in [0.717, 1.165) is 0 Å². The Bertz CT molecular complexity index is 410. The number of halogens is 2. The first-order chi connectivity index (χ1) is 9.56. The molecule has 1 aromatic carbocycles. The van der Waals surface area contributed by atoms with Crippen LogP contribution in [0.4, 0.5) is 0 Å². The van der Waals surface area contributed by atoms with Crippen molar-refractivity contribution < 1.29 is 24.5 Å². The molecule has 0 bridgehead atoms. The van der Waals surface area contributed by atoms with Gasteiger partial charge in [0.2, 0.25) is 0 Å². The van der Waals surface area contributed by atoms with Gasteiger partial charge in [-0.05, 0) is 24.3 Å². The minimum Gasteiger partial charge on any atom is -0.491 e. The molecule has 0 saturated heterocycles. The fourth-order valence-corrected chi connectivity index (χ4v) is 1.40. The first kappa shape index (κ1) is 17.0. The Balaban J connectivity index is 2.47. The average molecular weight is 323 g/mol. The number of hydrogen-bond donors (Lipinski definition) is 2. The minimum absolute atomic E-state index is 0.00293. The van der Waals surface area contributed by atoms with E-state index in [-0.39, 0.29) is 25.0 Å². The number of alkyl halides is 2. The molecule has 0 aliphatic rings. The predicted octanol–water partition coefficient (Wildman–Crippen LogP) is 1.42. The van der Waals surface area contributed by atoms with Crippen molar-refractivity contribution in [2.24, 2.45) is 0 Å². The van der Waals surface area contributed by atoms with E-state index in [9.17, 15) is 15.0 Å². The van der Waals surface area contributed by atoms with Crippen LogP contribution < -0.4 is 4.74 Å². The minimum atomic E-state index is -0.875. The fraction of sp³-hybridized carbons (Fsp3) is 0.462. The van der Waals surface area contributed by atoms with Gasteiger partial charge in [0.1, 0.15) is 31.2 Å². The summed E-state index contributed by atoms with van der Waals surface area (Å²) < 4.78 is 10.1. The summed E-state index contributed by atoms with van der Waals surface area (Å²) in [7, 11) is 0. The number of benzene rings is 1. The maximum absolute atomic E-state index is 11.6. The third kappa shape index (κ3) is 5.96. The second kappa shape index (κ2) is 9.02. The Morgan fingerprint density at radius 1 is 1.05 bits per heavy atom. The van der Waals surface area contributed by atoms with E-state index in [1.165, 1.54) is 12.1 Å². The van der Waals surface area contributed by atoms with Crippen LogP contribution in [-0.4, -0.2) is 53.4 Å². The predicted molar refractivity (Wildman–Crippen MR) is 75.7 cm³/mol. The number of aliphatic hydroxyl groups is 2. The van der Waals surface area contributed by atoms with Crippen molar-refractivity contribution >= 4 is 29.2 Å². The van der Waals surface area contributed by atoms with E-state index >= 15 is 0 Å². The quantitative estimate of drug-likeness (QED) is 0.559. The zero-order chi connectivity index (χ0) is 15.0. The van der Waals surface area contributed by atoms with Crippen molar-refractivity contribution in [3.05, 3.63) is 29.8 Å². The molecule has 0 heterocycles. The number of ether oxygens (including phenoxy) is 2. The Morgan fingerprint density at radius 3 is 2.15 bits per heavy atom. The van der Waals surface area contributed by atoms with Crippen LogP contribution >= 0.6 is 23.2 Å². The highest BCUT2D eigenvalue weighted by Crippen LogP contribution is 2.13. The molecule has 0 spiro atoms. The van der Waals surface area contributed by atoms with E-state index < -0.39 is 18.2 Å². The smallest absolute Gasteiger partial charge is 0.338 e. The first-order valence-electron chi connectivity index (χ1n) is 5.95. The maximum Gasteiger partial charge on any atom is 0.338 e. The van der Waals surface area contributed by atoms with Gasteiger partial charge >= 0.3 is 5.97 Å². The second-order valence-electron chi connectivity index (χ2n) is 4.05. The fourth-order valence-electron chi connectivity index (χ4n) is 1.22. The largest absolute Gasteiger partial charge is 0.491 e. The van der Waals surface area contributed by atoms with E-state index in [1.807, 2.05) is 0 Å². The molecule has 0 aromatic heterocycles. The van der Waals surface area contributed by atoms with Crippen LogP contribution in [0.15, 0.2) is 24.3 Å². The van der Waals surface area contributed by atoms with Gasteiger partial charge in [-0.15, -0.1) is 23.2 Å². The molecule has 2 N–H and O–H groups in total. The highest BCUT2D eigenvalue weighted by Gasteiger charge is 2.10. The standard InChI is InChI=1S/C13H16Cl2O5/c14-5-10(16)7-19-12-3-1-9(2-4-12)13(18)20-8-11(17)6-15/h1-4,10-11,16-17H,5-8H2. The lowest BCUT2D eigenvalue weighted by Crippen LogP contribution is -2.20. The van der Waals surface area contributed by atoms with Crippen molar-refractivity contribution in [2.45, 2.75) is 12.2 Å². The normalized spacial score (nSPS) is 13.6. The van der Waals surface area contributed by atoms with Crippen molar-refractivity contribution in [3.63, 3.8) is 0 Å². The van der Waals surface area contributed by atoms with Gasteiger partial charge in [-0.1, -0.05) is 0 Å². The van der Waals surface area contributed by atoms with Gasteiger partial charge in [0.05, 0.1) is 17.3 Å². The molecule has 1 aromatic rings. The van der Waals surface area contributed by atoms with Crippen molar-refractivity contribution in [2.75, 3.05) is 25.0 Å². The van der Waals surface area contributed by atoms with Crippen LogP contribution in [0.2, 0.25) is 0 Å². The van der Waals surface area contributed by atoms with E-state index in [4.69, 9.17) is 32.7 Å². The number of hydrogen-bond acceptors (Lipinski definition) is 5. The van der Waals surface area contributed by atoms with Crippen LogP contribution in [0.25, 0.3) is 0 Å². The van der Waals surface area contributed by atoms with E-state index in [1.54, 1.807) is 12.1 Å². The highest BCUT2D eigenvalue weighted by molar-refractivity contribution is 6.18. The molecule has 7 heteroatoms. The summed E-state index contributed by atoms with van der Waals surface area (Å²) in [6, 6.07) is 6.21. The third-order valence-electron chi connectivity index (χ3n) is 2.30. The third-order valence-corrected chi connectivity index (χ3v) is 3.01. The molecule has 2 unspecified atom stereocenters. The molecule has 20 heavy (non-hydrogen) atoms. The summed E-state index contributed by atoms with van der Waals surface area (Å²) in [5, 5.41) is 18.4. The van der Waals surface area contributed by atoms with Crippen molar-refractivity contribution in [1.29, 1.82) is 0 Å². The molecule has 0 fully saturated rings. The lowest BCUT2D eigenvalue weighted by atomic mass is 10.2. The maximum atomic E-state index is 11.6. The van der Waals surface area contributed by atoms with Crippen LogP contribution in [0.5, 0.6) is 5.75 Å². The molecule has 1 rings (SSSR count). The summed E-state index contributed by atoms with van der Waals surface area (Å²) in [6.45, 7) is -0.0717. The van der Waals surface area contributed by atoms with Gasteiger partial charge in [-0.2, -0.15) is 0 Å². The molecule has 0 aliphatic heterocycles. The molecule has 0 amide bonds. The molecule has 0 saturated carbocycles. The lowest BCUT2D eigenvalue weighted by Gasteiger charge is -2.10. The van der Waals surface area contributed by atoms with Gasteiger partial charge in [0.25, 0.3) is 0 Å². The van der Waals surface area contributed by atoms with Gasteiger partial charge in [0, 0.05) is 0 Å². The Morgan fingerprint density at radius 2 is 1.60 bits per heavy atom. The number of esters is 1. The molecule has 5 nitrogen and oxygen atoms in total. The molecule has 0 aliphatic carbocycles. The van der Waals surface area contributed by atoms with Gasteiger partial charge < -0.3 is 19.7 Å². The van der Waals surface area contributed by atoms with Gasteiger partial charge in [0.15, 0.2) is 0 Å². The Kier molecular flexibility index (Phi) is 7.69. The monoisotopic (exact) mass is 322 g/mol. The van der Waals surface area contributed by atoms with E-state index in [0.29, 0.717) is 11.3 Å². The van der Waals surface area contributed by atoms with Gasteiger partial charge in [-0.25, -0.2) is 4.79 Å². The summed E-state index contributed by atoms with van der Waals surface area (Å²) in [5.41, 5.74) is 0.331. The molecule has 2 atom stereocenters. The molecule has 112 valence electrons. The first-order valence-corrected chi connectivity index (χ1v) is 7.01. The summed E-state index contributed by atoms with van der Waals surface area (Å²) in [5.74, 6) is 0.0454. The average Bonchev–Trinajstić information content (AvgIpc) is 2.50. The number of carbonyl (C=O) groups excluding carboxylic acids is 1. The second-order valence-corrected chi connectivity index (χ2v) is 4.67. The lowest BCUT2D eigenvalue weighted by molar-refractivity contribution is 0.0303. The SMILES string of the molecule is O=C(OCC(O)CCl)c1ccc(OCC(O)CCl)cc1. The van der Waals surface area contributed by atoms with Gasteiger partial charge in [-0.3, -0.25) is 0 Å². The summed E-state index contributed by atoms with van der Waals surface area (Å²) >= 11 is 10.8. The Labute approximate surface area is 127 Å².